The van der Waals surface area contributed by atoms with Crippen molar-refractivity contribution in [3.63, 3.8) is 0 Å². The van der Waals surface area contributed by atoms with Gasteiger partial charge in [-0.25, -0.2) is 0 Å². The zero-order valence-corrected chi connectivity index (χ0v) is 15.8. The first-order valence-corrected chi connectivity index (χ1v) is 9.40. The summed E-state index contributed by atoms with van der Waals surface area (Å²) < 4.78 is 5.52. The zero-order valence-electron chi connectivity index (χ0n) is 14.2. The van der Waals surface area contributed by atoms with E-state index in [-0.39, 0.29) is 12.5 Å². The predicted octanol–water partition coefficient (Wildman–Crippen LogP) is 4.72. The van der Waals surface area contributed by atoms with Gasteiger partial charge >= 0.3 is 0 Å². The lowest BCUT2D eigenvalue weighted by Gasteiger charge is -2.17. The highest BCUT2D eigenvalue weighted by molar-refractivity contribution is 7.16. The number of amides is 1. The van der Waals surface area contributed by atoms with Gasteiger partial charge in [0.1, 0.15) is 16.8 Å². The van der Waals surface area contributed by atoms with Crippen LogP contribution < -0.4 is 10.1 Å². The van der Waals surface area contributed by atoms with Crippen LogP contribution in [0, 0.1) is 24.2 Å². The molecule has 0 bridgehead atoms. The third-order valence-corrected chi connectivity index (χ3v) is 5.97. The van der Waals surface area contributed by atoms with Crippen LogP contribution in [0.5, 0.6) is 5.75 Å². The van der Waals surface area contributed by atoms with Gasteiger partial charge in [-0.3, -0.25) is 4.79 Å². The molecule has 1 N–H and O–H groups in total. The molecule has 0 spiro atoms. The average molecular weight is 375 g/mol. The second kappa shape index (κ2) is 7.47. The van der Waals surface area contributed by atoms with Gasteiger partial charge in [-0.05, 0) is 61.4 Å². The Morgan fingerprint density at radius 3 is 3.04 bits per heavy atom. The third kappa shape index (κ3) is 3.97. The SMILES string of the molecule is Cc1cc(OCC(=O)Nc2sc3c(c2C#N)CC[C@@H](C)C3)ccc1Cl. The first-order valence-electron chi connectivity index (χ1n) is 8.21. The molecule has 1 aromatic heterocycles. The van der Waals surface area contributed by atoms with Crippen molar-refractivity contribution in [2.75, 3.05) is 11.9 Å². The molecule has 0 saturated carbocycles. The molecule has 0 unspecified atom stereocenters. The van der Waals surface area contributed by atoms with E-state index in [1.165, 1.54) is 16.2 Å². The predicted molar refractivity (Wildman–Crippen MR) is 101 cm³/mol. The molecule has 1 amide bonds. The average Bonchev–Trinajstić information content (AvgIpc) is 2.91. The molecule has 0 aliphatic heterocycles. The fourth-order valence-corrected chi connectivity index (χ4v) is 4.47. The van der Waals surface area contributed by atoms with Gasteiger partial charge in [0.25, 0.3) is 5.91 Å². The highest BCUT2D eigenvalue weighted by Crippen LogP contribution is 2.39. The lowest BCUT2D eigenvalue weighted by molar-refractivity contribution is -0.118. The number of halogens is 1. The van der Waals surface area contributed by atoms with E-state index in [2.05, 4.69) is 18.3 Å². The number of anilines is 1. The summed E-state index contributed by atoms with van der Waals surface area (Å²) in [6.07, 6.45) is 2.97. The van der Waals surface area contributed by atoms with E-state index in [0.717, 1.165) is 30.4 Å². The van der Waals surface area contributed by atoms with E-state index in [1.807, 2.05) is 6.92 Å². The van der Waals surface area contributed by atoms with Gasteiger partial charge in [-0.2, -0.15) is 5.26 Å². The number of carbonyl (C=O) groups is 1. The molecule has 1 aromatic carbocycles. The second-order valence-corrected chi connectivity index (χ2v) is 7.93. The van der Waals surface area contributed by atoms with Crippen LogP contribution in [0.1, 0.15) is 34.9 Å². The quantitative estimate of drug-likeness (QED) is 0.841. The van der Waals surface area contributed by atoms with Gasteiger partial charge in [-0.15, -0.1) is 11.3 Å². The molecule has 130 valence electrons. The Hall–Kier alpha value is -2.03. The summed E-state index contributed by atoms with van der Waals surface area (Å²) in [6.45, 7) is 3.99. The monoisotopic (exact) mass is 374 g/mol. The third-order valence-electron chi connectivity index (χ3n) is 4.38. The molecular weight excluding hydrogens is 356 g/mol. The number of fused-ring (bicyclic) bond motifs is 1. The minimum Gasteiger partial charge on any atom is -0.484 e. The van der Waals surface area contributed by atoms with Crippen molar-refractivity contribution in [3.8, 4) is 11.8 Å². The van der Waals surface area contributed by atoms with Gasteiger partial charge in [-0.1, -0.05) is 18.5 Å². The summed E-state index contributed by atoms with van der Waals surface area (Å²) in [5.74, 6) is 0.949. The molecule has 0 radical (unpaired) electrons. The first kappa shape index (κ1) is 17.8. The van der Waals surface area contributed by atoms with E-state index in [1.54, 1.807) is 18.2 Å². The van der Waals surface area contributed by atoms with Crippen molar-refractivity contribution in [1.29, 1.82) is 5.26 Å². The summed E-state index contributed by atoms with van der Waals surface area (Å²) in [5, 5.41) is 13.6. The summed E-state index contributed by atoms with van der Waals surface area (Å²) in [4.78, 5) is 13.4. The number of thiophene rings is 1. The molecule has 3 rings (SSSR count). The minimum absolute atomic E-state index is 0.106. The Bertz CT molecular complexity index is 854. The number of hydrogen-bond donors (Lipinski definition) is 1. The number of carbonyl (C=O) groups excluding carboxylic acids is 1. The van der Waals surface area contributed by atoms with E-state index >= 15 is 0 Å². The van der Waals surface area contributed by atoms with Gasteiger partial charge < -0.3 is 10.1 Å². The van der Waals surface area contributed by atoms with Crippen LogP contribution in [-0.2, 0) is 17.6 Å². The molecule has 1 aliphatic carbocycles. The normalized spacial score (nSPS) is 16.0. The summed E-state index contributed by atoms with van der Waals surface area (Å²) in [5.41, 5.74) is 2.61. The highest BCUT2D eigenvalue weighted by atomic mass is 35.5. The maximum absolute atomic E-state index is 12.2. The van der Waals surface area contributed by atoms with Crippen LogP contribution in [0.2, 0.25) is 5.02 Å². The standard InChI is InChI=1S/C19H19ClN2O2S/c1-11-3-5-14-15(9-21)19(25-17(14)7-11)22-18(23)10-24-13-4-6-16(20)12(2)8-13/h4,6,8,11H,3,5,7,10H2,1-2H3,(H,22,23)/t11-/m1/s1. The number of aryl methyl sites for hydroxylation is 1. The van der Waals surface area contributed by atoms with Gasteiger partial charge in [0, 0.05) is 9.90 Å². The van der Waals surface area contributed by atoms with Crippen molar-refractivity contribution in [2.24, 2.45) is 5.92 Å². The number of benzene rings is 1. The molecule has 1 atom stereocenters. The van der Waals surface area contributed by atoms with Gasteiger partial charge in [0.2, 0.25) is 0 Å². The Balaban J connectivity index is 1.67. The molecule has 1 heterocycles. The van der Waals surface area contributed by atoms with Crippen LogP contribution in [0.15, 0.2) is 18.2 Å². The maximum atomic E-state index is 12.2. The lowest BCUT2D eigenvalue weighted by atomic mass is 9.89. The topological polar surface area (TPSA) is 62.1 Å². The first-order chi connectivity index (χ1) is 12.0. The van der Waals surface area contributed by atoms with Crippen molar-refractivity contribution in [1.82, 2.24) is 0 Å². The van der Waals surface area contributed by atoms with E-state index in [4.69, 9.17) is 16.3 Å². The molecule has 1 aliphatic rings. The maximum Gasteiger partial charge on any atom is 0.262 e. The fraction of sp³-hybridized carbons (Fsp3) is 0.368. The number of rotatable bonds is 4. The van der Waals surface area contributed by atoms with Crippen molar-refractivity contribution in [3.05, 3.63) is 44.8 Å². The van der Waals surface area contributed by atoms with Crippen LogP contribution in [0.3, 0.4) is 0 Å². The summed E-state index contributed by atoms with van der Waals surface area (Å²) in [6, 6.07) is 7.52. The van der Waals surface area contributed by atoms with Crippen LogP contribution in [-0.4, -0.2) is 12.5 Å². The zero-order chi connectivity index (χ0) is 18.0. The Morgan fingerprint density at radius 1 is 1.52 bits per heavy atom. The van der Waals surface area contributed by atoms with Gasteiger partial charge in [0.15, 0.2) is 6.61 Å². The summed E-state index contributed by atoms with van der Waals surface area (Å²) in [7, 11) is 0. The molecule has 4 nitrogen and oxygen atoms in total. The van der Waals surface area contributed by atoms with Crippen LogP contribution in [0.4, 0.5) is 5.00 Å². The second-order valence-electron chi connectivity index (χ2n) is 6.42. The van der Waals surface area contributed by atoms with Gasteiger partial charge in [0.05, 0.1) is 5.56 Å². The molecule has 6 heteroatoms. The molecule has 2 aromatic rings. The number of nitrogens with one attached hydrogen (secondary N) is 1. The van der Waals surface area contributed by atoms with Crippen LogP contribution >= 0.6 is 22.9 Å². The largest absolute Gasteiger partial charge is 0.484 e. The number of hydrogen-bond acceptors (Lipinski definition) is 4. The Morgan fingerprint density at radius 2 is 2.32 bits per heavy atom. The highest BCUT2D eigenvalue weighted by Gasteiger charge is 2.24. The fourth-order valence-electron chi connectivity index (χ4n) is 2.98. The lowest BCUT2D eigenvalue weighted by Crippen LogP contribution is -2.20. The Kier molecular flexibility index (Phi) is 5.31. The van der Waals surface area contributed by atoms with Crippen LogP contribution in [0.25, 0.3) is 0 Å². The van der Waals surface area contributed by atoms with Crippen molar-refractivity contribution in [2.45, 2.75) is 33.1 Å². The number of nitriles is 1. The number of nitrogens with zero attached hydrogens (tertiary/aromatic N) is 1. The summed E-state index contributed by atoms with van der Waals surface area (Å²) >= 11 is 7.50. The van der Waals surface area contributed by atoms with Crippen molar-refractivity contribution < 1.29 is 9.53 Å². The molecule has 0 saturated heterocycles. The smallest absolute Gasteiger partial charge is 0.262 e. The Labute approximate surface area is 156 Å². The molecule has 25 heavy (non-hydrogen) atoms. The van der Waals surface area contributed by atoms with E-state index in [9.17, 15) is 10.1 Å². The van der Waals surface area contributed by atoms with E-state index < -0.39 is 0 Å². The number of ether oxygens (including phenoxy) is 1. The molecular formula is C19H19ClN2O2S. The van der Waals surface area contributed by atoms with E-state index in [0.29, 0.717) is 27.3 Å². The molecule has 0 fully saturated rings. The minimum atomic E-state index is -0.268. The van der Waals surface area contributed by atoms with Crippen molar-refractivity contribution >= 4 is 33.8 Å².